The number of nitrogens with one attached hydrogen (secondary N) is 1. The lowest BCUT2D eigenvalue weighted by Crippen LogP contribution is -1.85. The molecule has 0 spiro atoms. The summed E-state index contributed by atoms with van der Waals surface area (Å²) in [5, 5.41) is 0. The molecule has 1 N–H and O–H groups in total. The van der Waals surface area contributed by atoms with Crippen LogP contribution in [-0.4, -0.2) is 23.3 Å². The first-order valence-electron chi connectivity index (χ1n) is 8.05. The van der Waals surface area contributed by atoms with Crippen molar-refractivity contribution in [3.05, 3.63) is 78.4 Å². The number of para-hydroxylation sites is 2. The van der Waals surface area contributed by atoms with E-state index in [1.54, 1.807) is 7.11 Å². The summed E-state index contributed by atoms with van der Waals surface area (Å²) >= 11 is 0. The summed E-state index contributed by atoms with van der Waals surface area (Å²) in [4.78, 5) is 12.5. The minimum atomic E-state index is 0.823. The number of fused-ring (bicyclic) bond motifs is 1. The van der Waals surface area contributed by atoms with Gasteiger partial charge in [0.05, 0.1) is 23.8 Å². The van der Waals surface area contributed by atoms with Crippen molar-refractivity contribution >= 4 is 22.9 Å². The number of rotatable bonds is 4. The summed E-state index contributed by atoms with van der Waals surface area (Å²) in [5.41, 5.74) is 4.94. The third-order valence-electron chi connectivity index (χ3n) is 3.99. The monoisotopic (exact) mass is 327 g/mol. The van der Waals surface area contributed by atoms with Crippen molar-refractivity contribution in [1.29, 1.82) is 0 Å². The fourth-order valence-corrected chi connectivity index (χ4v) is 2.67. The summed E-state index contributed by atoms with van der Waals surface area (Å²) in [6, 6.07) is 23.8. The second-order valence-corrected chi connectivity index (χ2v) is 5.68. The molecule has 122 valence electrons. The molecule has 0 aliphatic carbocycles. The van der Waals surface area contributed by atoms with E-state index in [1.807, 2.05) is 79.0 Å². The Hall–Kier alpha value is -3.40. The van der Waals surface area contributed by atoms with Gasteiger partial charge in [0.15, 0.2) is 0 Å². The van der Waals surface area contributed by atoms with Gasteiger partial charge in [-0.15, -0.1) is 0 Å². The molecular weight excluding hydrogens is 310 g/mol. The Labute approximate surface area is 145 Å². The molecule has 0 bridgehead atoms. The van der Waals surface area contributed by atoms with E-state index in [0.717, 1.165) is 39.4 Å². The molecule has 0 aliphatic heterocycles. The van der Waals surface area contributed by atoms with Crippen molar-refractivity contribution in [3.63, 3.8) is 0 Å². The van der Waals surface area contributed by atoms with Crippen LogP contribution < -0.4 is 4.74 Å². The molecule has 4 aromatic rings. The van der Waals surface area contributed by atoms with E-state index in [2.05, 4.69) is 15.0 Å². The zero-order valence-corrected chi connectivity index (χ0v) is 13.8. The van der Waals surface area contributed by atoms with Gasteiger partial charge in [0.1, 0.15) is 11.6 Å². The standard InChI is InChI=1S/C21H17N3O/c1-25-18-6-4-5-15(13-18)14-22-17-11-9-16(10-12-17)21-23-19-7-2-3-8-20(19)24-21/h2-14H,1H3,(H,23,24). The number of H-pyrrole nitrogens is 1. The molecule has 0 aliphatic rings. The van der Waals surface area contributed by atoms with Gasteiger partial charge in [-0.3, -0.25) is 4.99 Å². The highest BCUT2D eigenvalue weighted by Gasteiger charge is 2.04. The van der Waals surface area contributed by atoms with Crippen molar-refractivity contribution in [2.75, 3.05) is 7.11 Å². The SMILES string of the molecule is COc1cccc(C=Nc2ccc(-c3nc4ccccc4[nH]3)cc2)c1. The van der Waals surface area contributed by atoms with Gasteiger partial charge in [0, 0.05) is 11.8 Å². The highest BCUT2D eigenvalue weighted by Crippen LogP contribution is 2.23. The zero-order valence-electron chi connectivity index (χ0n) is 13.8. The molecule has 0 amide bonds. The molecule has 25 heavy (non-hydrogen) atoms. The van der Waals surface area contributed by atoms with Crippen molar-refractivity contribution in [2.45, 2.75) is 0 Å². The van der Waals surface area contributed by atoms with Crippen LogP contribution in [0, 0.1) is 0 Å². The van der Waals surface area contributed by atoms with Crippen LogP contribution in [0.4, 0.5) is 5.69 Å². The molecule has 4 heteroatoms. The fraction of sp³-hybridized carbons (Fsp3) is 0.0476. The normalized spacial score (nSPS) is 11.2. The maximum Gasteiger partial charge on any atom is 0.138 e. The smallest absolute Gasteiger partial charge is 0.138 e. The first-order chi connectivity index (χ1) is 12.3. The first-order valence-corrected chi connectivity index (χ1v) is 8.05. The molecule has 0 saturated heterocycles. The second-order valence-electron chi connectivity index (χ2n) is 5.68. The number of imidazole rings is 1. The first kappa shape index (κ1) is 15.1. The van der Waals surface area contributed by atoms with Gasteiger partial charge in [-0.25, -0.2) is 4.98 Å². The van der Waals surface area contributed by atoms with Gasteiger partial charge in [-0.2, -0.15) is 0 Å². The van der Waals surface area contributed by atoms with Crippen LogP contribution in [0.1, 0.15) is 5.56 Å². The van der Waals surface area contributed by atoms with Gasteiger partial charge in [0.2, 0.25) is 0 Å². The van der Waals surface area contributed by atoms with E-state index in [9.17, 15) is 0 Å². The topological polar surface area (TPSA) is 50.3 Å². The summed E-state index contributed by atoms with van der Waals surface area (Å²) in [6.07, 6.45) is 1.83. The molecular formula is C21H17N3O. The molecule has 1 aromatic heterocycles. The number of ether oxygens (including phenoxy) is 1. The van der Waals surface area contributed by atoms with Crippen LogP contribution in [0.5, 0.6) is 5.75 Å². The second kappa shape index (κ2) is 6.61. The van der Waals surface area contributed by atoms with Crippen molar-refractivity contribution in [1.82, 2.24) is 9.97 Å². The number of nitrogens with zero attached hydrogens (tertiary/aromatic N) is 2. The number of benzene rings is 3. The van der Waals surface area contributed by atoms with Crippen LogP contribution in [0.25, 0.3) is 22.4 Å². The van der Waals surface area contributed by atoms with Crippen LogP contribution >= 0.6 is 0 Å². The summed E-state index contributed by atoms with van der Waals surface area (Å²) in [7, 11) is 1.66. The average Bonchev–Trinajstić information content (AvgIpc) is 3.11. The van der Waals surface area contributed by atoms with Gasteiger partial charge in [-0.05, 0) is 54.1 Å². The number of methoxy groups -OCH3 is 1. The number of aliphatic imine (C=N–C) groups is 1. The summed E-state index contributed by atoms with van der Waals surface area (Å²) in [6.45, 7) is 0. The summed E-state index contributed by atoms with van der Waals surface area (Å²) in [5.74, 6) is 1.69. The van der Waals surface area contributed by atoms with Crippen LogP contribution in [0.2, 0.25) is 0 Å². The number of aromatic amines is 1. The van der Waals surface area contributed by atoms with Crippen LogP contribution in [0.15, 0.2) is 77.8 Å². The lowest BCUT2D eigenvalue weighted by atomic mass is 10.2. The van der Waals surface area contributed by atoms with Crippen LogP contribution in [-0.2, 0) is 0 Å². The third-order valence-corrected chi connectivity index (χ3v) is 3.99. The van der Waals surface area contributed by atoms with E-state index >= 15 is 0 Å². The Bertz CT molecular complexity index is 999. The van der Waals surface area contributed by atoms with Gasteiger partial charge in [0.25, 0.3) is 0 Å². The highest BCUT2D eigenvalue weighted by atomic mass is 16.5. The van der Waals surface area contributed by atoms with E-state index in [0.29, 0.717) is 0 Å². The third kappa shape index (κ3) is 3.28. The Morgan fingerprint density at radius 3 is 2.60 bits per heavy atom. The maximum absolute atomic E-state index is 5.22. The minimum Gasteiger partial charge on any atom is -0.497 e. The molecule has 0 radical (unpaired) electrons. The van der Waals surface area contributed by atoms with Crippen LogP contribution in [0.3, 0.4) is 0 Å². The van der Waals surface area contributed by atoms with E-state index in [-0.39, 0.29) is 0 Å². The quantitative estimate of drug-likeness (QED) is 0.537. The van der Waals surface area contributed by atoms with E-state index in [1.165, 1.54) is 0 Å². The molecule has 0 atom stereocenters. The predicted molar refractivity (Wildman–Crippen MR) is 102 cm³/mol. The molecule has 3 aromatic carbocycles. The molecule has 1 heterocycles. The number of hydrogen-bond donors (Lipinski definition) is 1. The minimum absolute atomic E-state index is 0.823. The molecule has 4 nitrogen and oxygen atoms in total. The number of aromatic nitrogens is 2. The van der Waals surface area contributed by atoms with E-state index in [4.69, 9.17) is 4.74 Å². The number of hydrogen-bond acceptors (Lipinski definition) is 3. The predicted octanol–water partition coefficient (Wildman–Crippen LogP) is 4.99. The summed E-state index contributed by atoms with van der Waals surface area (Å²) < 4.78 is 5.22. The zero-order chi connectivity index (χ0) is 17.1. The van der Waals surface area contributed by atoms with Crippen molar-refractivity contribution in [2.24, 2.45) is 4.99 Å². The van der Waals surface area contributed by atoms with Gasteiger partial charge in [-0.1, -0.05) is 24.3 Å². The lowest BCUT2D eigenvalue weighted by Gasteiger charge is -2.00. The Kier molecular flexibility index (Phi) is 4.01. The maximum atomic E-state index is 5.22. The lowest BCUT2D eigenvalue weighted by molar-refractivity contribution is 0.415. The highest BCUT2D eigenvalue weighted by molar-refractivity contribution is 5.83. The molecule has 0 fully saturated rings. The average molecular weight is 327 g/mol. The Morgan fingerprint density at radius 1 is 0.960 bits per heavy atom. The van der Waals surface area contributed by atoms with Crippen molar-refractivity contribution < 1.29 is 4.74 Å². The molecule has 0 unspecified atom stereocenters. The van der Waals surface area contributed by atoms with Gasteiger partial charge >= 0.3 is 0 Å². The van der Waals surface area contributed by atoms with Crippen molar-refractivity contribution in [3.8, 4) is 17.1 Å². The van der Waals surface area contributed by atoms with E-state index < -0.39 is 0 Å². The Morgan fingerprint density at radius 2 is 1.80 bits per heavy atom. The van der Waals surface area contributed by atoms with Gasteiger partial charge < -0.3 is 9.72 Å². The fourth-order valence-electron chi connectivity index (χ4n) is 2.67. The largest absolute Gasteiger partial charge is 0.497 e. The molecule has 4 rings (SSSR count). The Balaban J connectivity index is 1.56. The molecule has 0 saturated carbocycles.